The van der Waals surface area contributed by atoms with Crippen molar-refractivity contribution < 1.29 is 4.79 Å². The van der Waals surface area contributed by atoms with Gasteiger partial charge in [-0.15, -0.1) is 0 Å². The zero-order valence-electron chi connectivity index (χ0n) is 10.9. The minimum absolute atomic E-state index is 0.226. The highest BCUT2D eigenvalue weighted by Gasteiger charge is 2.17. The van der Waals surface area contributed by atoms with Crippen LogP contribution in [0.3, 0.4) is 0 Å². The predicted molar refractivity (Wildman–Crippen MR) is 82.3 cm³/mol. The number of rotatable bonds is 2. The minimum Gasteiger partial charge on any atom is -0.397 e. The summed E-state index contributed by atoms with van der Waals surface area (Å²) in [6.07, 6.45) is 1.62. The Labute approximate surface area is 125 Å². The molecule has 3 aromatic rings. The molecule has 5 heteroatoms. The number of H-pyrrole nitrogens is 1. The topological polar surface area (TPSA) is 82.7 Å². The fourth-order valence-electron chi connectivity index (χ4n) is 2.26. The summed E-state index contributed by atoms with van der Waals surface area (Å²) < 4.78 is 0. The normalized spacial score (nSPS) is 10.5. The van der Waals surface area contributed by atoms with Crippen LogP contribution < -0.4 is 5.73 Å². The average Bonchev–Trinajstić information content (AvgIpc) is 2.92. The summed E-state index contributed by atoms with van der Waals surface area (Å²) in [5.41, 5.74) is 8.24. The number of ketones is 1. The van der Waals surface area contributed by atoms with Gasteiger partial charge in [-0.25, -0.2) is 0 Å². The molecule has 0 aliphatic carbocycles. The Bertz CT molecular complexity index is 906. The lowest BCUT2D eigenvalue weighted by Crippen LogP contribution is -2.05. The number of hydrogen-bond donors (Lipinski definition) is 2. The van der Waals surface area contributed by atoms with Crippen molar-refractivity contribution in [2.75, 3.05) is 5.73 Å². The van der Waals surface area contributed by atoms with E-state index in [1.165, 1.54) is 0 Å². The lowest BCUT2D eigenvalue weighted by molar-refractivity contribution is 0.104. The van der Waals surface area contributed by atoms with E-state index in [0.717, 1.165) is 5.52 Å². The van der Waals surface area contributed by atoms with Gasteiger partial charge in [0.15, 0.2) is 5.78 Å². The van der Waals surface area contributed by atoms with Crippen molar-refractivity contribution >= 4 is 34.0 Å². The third-order valence-electron chi connectivity index (χ3n) is 3.35. The molecule has 4 nitrogen and oxygen atoms in total. The molecule has 0 saturated carbocycles. The molecule has 2 aromatic carbocycles. The number of carbonyl (C=O) groups excluding carboxylic acids is 1. The molecule has 102 valence electrons. The smallest absolute Gasteiger partial charge is 0.197 e. The molecule has 1 aromatic heterocycles. The maximum atomic E-state index is 12.7. The Morgan fingerprint density at radius 1 is 1.24 bits per heavy atom. The van der Waals surface area contributed by atoms with Gasteiger partial charge in [-0.1, -0.05) is 17.7 Å². The molecule has 0 unspecified atom stereocenters. The Morgan fingerprint density at radius 2 is 2.05 bits per heavy atom. The number of benzene rings is 2. The average molecular weight is 296 g/mol. The van der Waals surface area contributed by atoms with E-state index < -0.39 is 0 Å². The Hall–Kier alpha value is -2.77. The molecular formula is C16H10ClN3O. The number of nitriles is 1. The van der Waals surface area contributed by atoms with E-state index >= 15 is 0 Å². The first-order chi connectivity index (χ1) is 10.1. The van der Waals surface area contributed by atoms with Gasteiger partial charge in [0.25, 0.3) is 0 Å². The summed E-state index contributed by atoms with van der Waals surface area (Å²) in [6, 6.07) is 12.2. The number of fused-ring (bicyclic) bond motifs is 1. The van der Waals surface area contributed by atoms with Crippen molar-refractivity contribution in [3.8, 4) is 6.07 Å². The number of nitrogen functional groups attached to an aromatic ring is 1. The third-order valence-corrected chi connectivity index (χ3v) is 3.68. The van der Waals surface area contributed by atoms with Crippen molar-refractivity contribution in [1.29, 1.82) is 5.26 Å². The largest absolute Gasteiger partial charge is 0.397 e. The van der Waals surface area contributed by atoms with Crippen LogP contribution in [0.2, 0.25) is 5.02 Å². The van der Waals surface area contributed by atoms with Gasteiger partial charge in [-0.05, 0) is 30.3 Å². The predicted octanol–water partition coefficient (Wildman–Crippen LogP) is 3.51. The van der Waals surface area contributed by atoms with Gasteiger partial charge in [-0.3, -0.25) is 4.79 Å². The van der Waals surface area contributed by atoms with E-state index in [1.807, 2.05) is 0 Å². The van der Waals surface area contributed by atoms with Crippen LogP contribution in [-0.2, 0) is 0 Å². The highest BCUT2D eigenvalue weighted by Crippen LogP contribution is 2.28. The van der Waals surface area contributed by atoms with Crippen LogP contribution in [0.5, 0.6) is 0 Å². The van der Waals surface area contributed by atoms with E-state index in [-0.39, 0.29) is 11.5 Å². The number of aromatic nitrogens is 1. The SMILES string of the molecule is N#Cc1ccc2[nH]cc(C(=O)c3cccc(Cl)c3N)c2c1. The second kappa shape index (κ2) is 4.97. The van der Waals surface area contributed by atoms with Crippen molar-refractivity contribution in [2.45, 2.75) is 0 Å². The number of carbonyl (C=O) groups is 1. The van der Waals surface area contributed by atoms with E-state index in [9.17, 15) is 4.79 Å². The number of para-hydroxylation sites is 1. The molecule has 0 fully saturated rings. The van der Waals surface area contributed by atoms with Gasteiger partial charge < -0.3 is 10.7 Å². The van der Waals surface area contributed by atoms with E-state index in [1.54, 1.807) is 42.6 Å². The molecule has 0 spiro atoms. The fraction of sp³-hybridized carbons (Fsp3) is 0. The number of hydrogen-bond acceptors (Lipinski definition) is 3. The first-order valence-electron chi connectivity index (χ1n) is 6.21. The summed E-state index contributed by atoms with van der Waals surface area (Å²) in [7, 11) is 0. The van der Waals surface area contributed by atoms with Gasteiger partial charge in [0.1, 0.15) is 0 Å². The van der Waals surface area contributed by atoms with Crippen molar-refractivity contribution in [3.05, 3.63) is 64.3 Å². The lowest BCUT2D eigenvalue weighted by atomic mass is 10.0. The minimum atomic E-state index is -0.226. The molecule has 0 aliphatic heterocycles. The van der Waals surface area contributed by atoms with Gasteiger partial charge >= 0.3 is 0 Å². The van der Waals surface area contributed by atoms with Gasteiger partial charge in [0, 0.05) is 28.2 Å². The molecule has 0 bridgehead atoms. The molecule has 21 heavy (non-hydrogen) atoms. The standard InChI is InChI=1S/C16H10ClN3O/c17-13-3-1-2-10(15(13)19)16(21)12-8-20-14-5-4-9(7-18)6-11(12)14/h1-6,8,20H,19H2. The van der Waals surface area contributed by atoms with Crippen molar-refractivity contribution in [3.63, 3.8) is 0 Å². The fourth-order valence-corrected chi connectivity index (χ4v) is 2.43. The number of nitrogens with zero attached hydrogens (tertiary/aromatic N) is 1. The van der Waals surface area contributed by atoms with Crippen LogP contribution in [0.4, 0.5) is 5.69 Å². The molecule has 3 rings (SSSR count). The second-order valence-electron chi connectivity index (χ2n) is 4.60. The maximum Gasteiger partial charge on any atom is 0.197 e. The lowest BCUT2D eigenvalue weighted by Gasteiger charge is -2.05. The van der Waals surface area contributed by atoms with Crippen LogP contribution in [0.15, 0.2) is 42.6 Å². The Kier molecular flexibility index (Phi) is 3.13. The molecule has 1 heterocycles. The highest BCUT2D eigenvalue weighted by molar-refractivity contribution is 6.34. The van der Waals surface area contributed by atoms with Gasteiger partial charge in [-0.2, -0.15) is 5.26 Å². The molecule has 0 radical (unpaired) electrons. The third kappa shape index (κ3) is 2.14. The zero-order valence-corrected chi connectivity index (χ0v) is 11.6. The molecular weight excluding hydrogens is 286 g/mol. The first kappa shape index (κ1) is 13.2. The summed E-state index contributed by atoms with van der Waals surface area (Å²) in [5.74, 6) is -0.226. The maximum absolute atomic E-state index is 12.7. The van der Waals surface area contributed by atoms with Crippen LogP contribution in [0, 0.1) is 11.3 Å². The van der Waals surface area contributed by atoms with Crippen molar-refractivity contribution in [1.82, 2.24) is 4.98 Å². The number of nitrogens with one attached hydrogen (secondary N) is 1. The zero-order chi connectivity index (χ0) is 15.0. The second-order valence-corrected chi connectivity index (χ2v) is 5.01. The van der Waals surface area contributed by atoms with E-state index in [0.29, 0.717) is 27.1 Å². The van der Waals surface area contributed by atoms with Crippen LogP contribution in [-0.4, -0.2) is 10.8 Å². The van der Waals surface area contributed by atoms with E-state index in [2.05, 4.69) is 11.1 Å². The monoisotopic (exact) mass is 295 g/mol. The Morgan fingerprint density at radius 3 is 2.81 bits per heavy atom. The summed E-state index contributed by atoms with van der Waals surface area (Å²) in [6.45, 7) is 0. The molecule has 3 N–H and O–H groups in total. The first-order valence-corrected chi connectivity index (χ1v) is 6.59. The van der Waals surface area contributed by atoms with Crippen LogP contribution in [0.1, 0.15) is 21.5 Å². The number of halogens is 1. The quantitative estimate of drug-likeness (QED) is 0.560. The molecule has 0 amide bonds. The Balaban J connectivity index is 2.18. The van der Waals surface area contributed by atoms with Crippen LogP contribution in [0.25, 0.3) is 10.9 Å². The number of nitrogens with two attached hydrogens (primary N) is 1. The summed E-state index contributed by atoms with van der Waals surface area (Å²) in [4.78, 5) is 15.7. The molecule has 0 aliphatic rings. The molecule has 0 saturated heterocycles. The van der Waals surface area contributed by atoms with Crippen molar-refractivity contribution in [2.24, 2.45) is 0 Å². The number of anilines is 1. The molecule has 0 atom stereocenters. The van der Waals surface area contributed by atoms with Gasteiger partial charge in [0.2, 0.25) is 0 Å². The van der Waals surface area contributed by atoms with E-state index in [4.69, 9.17) is 22.6 Å². The number of aromatic amines is 1. The summed E-state index contributed by atoms with van der Waals surface area (Å²) >= 11 is 5.96. The van der Waals surface area contributed by atoms with Gasteiger partial charge in [0.05, 0.1) is 22.3 Å². The highest BCUT2D eigenvalue weighted by atomic mass is 35.5. The van der Waals surface area contributed by atoms with Crippen LogP contribution >= 0.6 is 11.6 Å². The summed E-state index contributed by atoms with van der Waals surface area (Å²) in [5, 5.41) is 10.0.